The smallest absolute Gasteiger partial charge is 0.410 e. The fourth-order valence-corrected chi connectivity index (χ4v) is 2.43. The van der Waals surface area contributed by atoms with Gasteiger partial charge in [-0.25, -0.2) is 4.79 Å². The van der Waals surface area contributed by atoms with Crippen molar-refractivity contribution < 1.29 is 14.1 Å². The van der Waals surface area contributed by atoms with Gasteiger partial charge in [-0.2, -0.15) is 4.98 Å². The van der Waals surface area contributed by atoms with Gasteiger partial charge in [-0.15, -0.1) is 0 Å². The van der Waals surface area contributed by atoms with Crippen LogP contribution in [0.2, 0.25) is 0 Å². The van der Waals surface area contributed by atoms with Crippen molar-refractivity contribution >= 4 is 12.1 Å². The fourth-order valence-electron chi connectivity index (χ4n) is 2.43. The molecule has 152 valence electrons. The highest BCUT2D eigenvalue weighted by molar-refractivity contribution is 5.80. The molecule has 1 aliphatic heterocycles. The third-order valence-electron chi connectivity index (χ3n) is 3.81. The molecule has 0 bridgehead atoms. The van der Waals surface area contributed by atoms with Crippen molar-refractivity contribution in [2.75, 3.05) is 26.2 Å². The average molecular weight is 380 g/mol. The summed E-state index contributed by atoms with van der Waals surface area (Å²) in [5, 5.41) is 10.5. The molecule has 0 saturated carbocycles. The number of ether oxygens (including phenoxy) is 1. The minimum atomic E-state index is -0.476. The van der Waals surface area contributed by atoms with E-state index in [0.717, 1.165) is 18.3 Å². The van der Waals surface area contributed by atoms with Gasteiger partial charge >= 0.3 is 6.09 Å². The third kappa shape index (κ3) is 6.73. The molecule has 9 heteroatoms. The number of hydrogen-bond donors (Lipinski definition) is 2. The van der Waals surface area contributed by atoms with Crippen LogP contribution in [0.25, 0.3) is 0 Å². The molecule has 27 heavy (non-hydrogen) atoms. The van der Waals surface area contributed by atoms with Crippen molar-refractivity contribution in [2.45, 2.75) is 65.5 Å². The molecule has 0 unspecified atom stereocenters. The highest BCUT2D eigenvalue weighted by Gasteiger charge is 2.34. The Bertz CT molecular complexity index is 644. The number of nitrogens with zero attached hydrogens (tertiary/aromatic N) is 4. The van der Waals surface area contributed by atoms with Crippen molar-refractivity contribution in [3.63, 3.8) is 0 Å². The van der Waals surface area contributed by atoms with Crippen LogP contribution in [0, 0.1) is 0 Å². The Hall–Kier alpha value is -2.32. The van der Waals surface area contributed by atoms with Crippen LogP contribution in [0.3, 0.4) is 0 Å². The maximum absolute atomic E-state index is 12.0. The van der Waals surface area contributed by atoms with Crippen molar-refractivity contribution in [3.05, 3.63) is 11.7 Å². The molecular formula is C18H32N6O3. The first-order valence-electron chi connectivity index (χ1n) is 9.53. The zero-order valence-electron chi connectivity index (χ0n) is 17.2. The summed E-state index contributed by atoms with van der Waals surface area (Å²) in [6, 6.07) is 0.159. The number of guanidine groups is 1. The molecule has 1 saturated heterocycles. The number of carbonyl (C=O) groups is 1. The van der Waals surface area contributed by atoms with E-state index in [1.807, 2.05) is 41.5 Å². The summed E-state index contributed by atoms with van der Waals surface area (Å²) in [4.78, 5) is 22.6. The normalized spacial score (nSPS) is 15.7. The molecule has 1 fully saturated rings. The van der Waals surface area contributed by atoms with E-state index in [9.17, 15) is 4.79 Å². The number of rotatable bonds is 6. The molecule has 0 aromatic carbocycles. The van der Waals surface area contributed by atoms with Crippen LogP contribution >= 0.6 is 0 Å². The lowest BCUT2D eigenvalue weighted by atomic mass is 10.1. The van der Waals surface area contributed by atoms with Crippen molar-refractivity contribution in [2.24, 2.45) is 4.99 Å². The van der Waals surface area contributed by atoms with E-state index in [2.05, 4.69) is 25.8 Å². The minimum Gasteiger partial charge on any atom is -0.444 e. The van der Waals surface area contributed by atoms with Gasteiger partial charge in [0.15, 0.2) is 11.8 Å². The van der Waals surface area contributed by atoms with Crippen molar-refractivity contribution in [3.8, 4) is 0 Å². The van der Waals surface area contributed by atoms with E-state index in [1.165, 1.54) is 0 Å². The Morgan fingerprint density at radius 3 is 2.67 bits per heavy atom. The Labute approximate surface area is 160 Å². The molecule has 9 nitrogen and oxygen atoms in total. The number of likely N-dealkylation sites (tertiary alicyclic amines) is 1. The maximum Gasteiger partial charge on any atom is 0.410 e. The zero-order valence-corrected chi connectivity index (χ0v) is 17.2. The molecule has 1 amide bonds. The molecule has 0 atom stereocenters. The average Bonchev–Trinajstić information content (AvgIpc) is 2.97. The van der Waals surface area contributed by atoms with Gasteiger partial charge in [0, 0.05) is 32.0 Å². The molecule has 1 aromatic rings. The minimum absolute atomic E-state index is 0.159. The number of amides is 1. The van der Waals surface area contributed by atoms with E-state index in [0.29, 0.717) is 31.9 Å². The number of hydrogen-bond acceptors (Lipinski definition) is 6. The molecule has 2 N–H and O–H groups in total. The molecule has 0 spiro atoms. The second kappa shape index (κ2) is 9.05. The third-order valence-corrected chi connectivity index (χ3v) is 3.81. The SMILES string of the molecule is CCNC(=NCCc1nc(C(C)C)no1)NC1CN(C(=O)OC(C)(C)C)C1. The van der Waals surface area contributed by atoms with Gasteiger partial charge in [0.05, 0.1) is 12.6 Å². The van der Waals surface area contributed by atoms with Crippen LogP contribution < -0.4 is 10.6 Å². The quantitative estimate of drug-likeness (QED) is 0.574. The molecule has 1 aromatic heterocycles. The van der Waals surface area contributed by atoms with E-state index < -0.39 is 5.60 Å². The van der Waals surface area contributed by atoms with Gasteiger partial charge < -0.3 is 24.8 Å². The molecule has 2 heterocycles. The lowest BCUT2D eigenvalue weighted by Gasteiger charge is -2.40. The predicted molar refractivity (Wildman–Crippen MR) is 103 cm³/mol. The Morgan fingerprint density at radius 2 is 2.11 bits per heavy atom. The van der Waals surface area contributed by atoms with Crippen molar-refractivity contribution in [1.29, 1.82) is 0 Å². The van der Waals surface area contributed by atoms with Gasteiger partial charge in [-0.05, 0) is 27.7 Å². The summed E-state index contributed by atoms with van der Waals surface area (Å²) in [5.74, 6) is 2.28. The summed E-state index contributed by atoms with van der Waals surface area (Å²) >= 11 is 0. The summed E-state index contributed by atoms with van der Waals surface area (Å²) in [5.41, 5.74) is -0.476. The van der Waals surface area contributed by atoms with E-state index in [4.69, 9.17) is 9.26 Å². The largest absolute Gasteiger partial charge is 0.444 e. The Kier molecular flexibility index (Phi) is 7.04. The topological polar surface area (TPSA) is 105 Å². The number of aromatic nitrogens is 2. The predicted octanol–water partition coefficient (Wildman–Crippen LogP) is 1.91. The number of carbonyl (C=O) groups excluding carboxylic acids is 1. The zero-order chi connectivity index (χ0) is 20.0. The van der Waals surface area contributed by atoms with Crippen molar-refractivity contribution in [1.82, 2.24) is 25.7 Å². The Balaban J connectivity index is 1.78. The van der Waals surface area contributed by atoms with Gasteiger partial charge in [-0.3, -0.25) is 4.99 Å². The summed E-state index contributed by atoms with van der Waals surface area (Å²) < 4.78 is 10.6. The fraction of sp³-hybridized carbons (Fsp3) is 0.778. The first-order valence-corrected chi connectivity index (χ1v) is 9.53. The lowest BCUT2D eigenvalue weighted by Crippen LogP contribution is -2.63. The molecule has 1 aliphatic rings. The standard InChI is InChI=1S/C18H32N6O3/c1-7-19-16(20-9-8-14-22-15(12(2)3)23-27-14)21-13-10-24(11-13)17(25)26-18(4,5)6/h12-13H,7-11H2,1-6H3,(H2,19,20,21). The summed E-state index contributed by atoms with van der Waals surface area (Å²) in [6.07, 6.45) is 0.310. The van der Waals surface area contributed by atoms with E-state index in [1.54, 1.807) is 4.90 Å². The second-order valence-electron chi connectivity index (χ2n) is 7.94. The molecular weight excluding hydrogens is 348 g/mol. The van der Waals surface area contributed by atoms with Gasteiger partial charge in [-0.1, -0.05) is 19.0 Å². The highest BCUT2D eigenvalue weighted by atomic mass is 16.6. The number of aliphatic imine (C=N–C) groups is 1. The van der Waals surface area contributed by atoms with E-state index in [-0.39, 0.29) is 18.1 Å². The van der Waals surface area contributed by atoms with Gasteiger partial charge in [0.1, 0.15) is 5.60 Å². The molecule has 0 radical (unpaired) electrons. The lowest BCUT2D eigenvalue weighted by molar-refractivity contribution is 0.00700. The van der Waals surface area contributed by atoms with Crippen LogP contribution in [-0.2, 0) is 11.2 Å². The van der Waals surface area contributed by atoms with Gasteiger partial charge in [0.25, 0.3) is 0 Å². The second-order valence-corrected chi connectivity index (χ2v) is 7.94. The van der Waals surface area contributed by atoms with E-state index >= 15 is 0 Å². The van der Waals surface area contributed by atoms with Crippen LogP contribution in [-0.4, -0.2) is 64.9 Å². The summed E-state index contributed by atoms with van der Waals surface area (Å²) in [7, 11) is 0. The first kappa shape index (κ1) is 21.0. The first-order chi connectivity index (χ1) is 12.7. The molecule has 2 rings (SSSR count). The highest BCUT2D eigenvalue weighted by Crippen LogP contribution is 2.15. The maximum atomic E-state index is 12.0. The van der Waals surface area contributed by atoms with Crippen LogP contribution in [0.1, 0.15) is 59.2 Å². The monoisotopic (exact) mass is 380 g/mol. The van der Waals surface area contributed by atoms with Crippen LogP contribution in [0.5, 0.6) is 0 Å². The number of nitrogens with one attached hydrogen (secondary N) is 2. The molecule has 0 aliphatic carbocycles. The van der Waals surface area contributed by atoms with Gasteiger partial charge in [0.2, 0.25) is 5.89 Å². The Morgan fingerprint density at radius 1 is 1.41 bits per heavy atom. The summed E-state index contributed by atoms with van der Waals surface area (Å²) in [6.45, 7) is 14.2. The van der Waals surface area contributed by atoms with Crippen LogP contribution in [0.15, 0.2) is 9.52 Å². The van der Waals surface area contributed by atoms with Crippen LogP contribution in [0.4, 0.5) is 4.79 Å².